The van der Waals surface area contributed by atoms with Crippen molar-refractivity contribution in [3.05, 3.63) is 35.4 Å². The third kappa shape index (κ3) is 3.33. The van der Waals surface area contributed by atoms with Gasteiger partial charge >= 0.3 is 5.97 Å². The van der Waals surface area contributed by atoms with Crippen molar-refractivity contribution in [2.75, 3.05) is 20.1 Å². The monoisotopic (exact) mass is 303 g/mol. The average molecular weight is 303 g/mol. The van der Waals surface area contributed by atoms with Gasteiger partial charge in [0.2, 0.25) is 0 Å². The van der Waals surface area contributed by atoms with Crippen LogP contribution in [0.25, 0.3) is 0 Å². The fourth-order valence-electron chi connectivity index (χ4n) is 3.71. The normalized spacial score (nSPS) is 24.5. The maximum absolute atomic E-state index is 12.3. The van der Waals surface area contributed by atoms with Crippen molar-refractivity contribution in [2.45, 2.75) is 50.2 Å². The lowest BCUT2D eigenvalue weighted by Gasteiger charge is -2.20. The van der Waals surface area contributed by atoms with Crippen LogP contribution in [0.3, 0.4) is 0 Å². The van der Waals surface area contributed by atoms with E-state index in [0.29, 0.717) is 5.92 Å². The first-order chi connectivity index (χ1) is 10.6. The summed E-state index contributed by atoms with van der Waals surface area (Å²) >= 11 is 0. The Hall–Kier alpha value is -1.39. The molecule has 0 aromatic heterocycles. The molecule has 1 aliphatic carbocycles. The highest BCUT2D eigenvalue weighted by molar-refractivity contribution is 5.77. The van der Waals surface area contributed by atoms with Crippen molar-refractivity contribution in [3.63, 3.8) is 0 Å². The highest BCUT2D eigenvalue weighted by Gasteiger charge is 2.30. The second kappa shape index (κ2) is 6.80. The Labute approximate surface area is 132 Å². The molecule has 1 aliphatic heterocycles. The summed E-state index contributed by atoms with van der Waals surface area (Å²) in [5, 5.41) is 10.5. The number of esters is 1. The van der Waals surface area contributed by atoms with Gasteiger partial charge in [-0.25, -0.2) is 4.79 Å². The first-order valence-corrected chi connectivity index (χ1v) is 8.31. The summed E-state index contributed by atoms with van der Waals surface area (Å²) in [4.78, 5) is 14.4. The first kappa shape index (κ1) is 15.5. The summed E-state index contributed by atoms with van der Waals surface area (Å²) < 4.78 is 5.48. The molecular weight excluding hydrogens is 278 g/mol. The lowest BCUT2D eigenvalue weighted by Crippen LogP contribution is -2.26. The molecule has 2 unspecified atom stereocenters. The maximum Gasteiger partial charge on any atom is 0.339 e. The number of nitrogens with zero attached hydrogens (tertiary/aromatic N) is 1. The molecule has 2 atom stereocenters. The largest absolute Gasteiger partial charge is 0.459 e. The molecule has 0 bridgehead atoms. The average Bonchev–Trinajstić information content (AvgIpc) is 3.18. The third-order valence-electron chi connectivity index (χ3n) is 4.94. The third-order valence-corrected chi connectivity index (χ3v) is 4.94. The number of ether oxygens (including phenoxy) is 1. The second-order valence-electron chi connectivity index (χ2n) is 6.62. The lowest BCUT2D eigenvalue weighted by atomic mass is 9.90. The Morgan fingerprint density at radius 3 is 2.68 bits per heavy atom. The van der Waals surface area contributed by atoms with Gasteiger partial charge in [0, 0.05) is 13.1 Å². The standard InChI is InChI=1S/C18H25NO3/c1-19-11-10-14(12-19)22-18(21)17(20)16-9-5-4-8-15(16)13-6-2-3-7-13/h4-5,8-9,13-14,17,20H,2-3,6-7,10-12H2,1H3. The minimum atomic E-state index is -1.16. The topological polar surface area (TPSA) is 49.8 Å². The molecule has 120 valence electrons. The first-order valence-electron chi connectivity index (χ1n) is 8.31. The van der Waals surface area contributed by atoms with Crippen molar-refractivity contribution in [3.8, 4) is 0 Å². The van der Waals surface area contributed by atoms with Crippen molar-refractivity contribution in [1.29, 1.82) is 0 Å². The van der Waals surface area contributed by atoms with E-state index in [2.05, 4.69) is 4.90 Å². The number of likely N-dealkylation sites (tertiary alicyclic amines) is 1. The van der Waals surface area contributed by atoms with Crippen molar-refractivity contribution < 1.29 is 14.6 Å². The van der Waals surface area contributed by atoms with E-state index in [9.17, 15) is 9.90 Å². The summed E-state index contributed by atoms with van der Waals surface area (Å²) in [5.74, 6) is -0.0398. The van der Waals surface area contributed by atoms with E-state index in [4.69, 9.17) is 4.74 Å². The van der Waals surface area contributed by atoms with Gasteiger partial charge in [-0.3, -0.25) is 0 Å². The number of likely N-dealkylation sites (N-methyl/N-ethyl adjacent to an activating group) is 1. The van der Waals surface area contributed by atoms with Gasteiger partial charge in [0.25, 0.3) is 0 Å². The molecular formula is C18H25NO3. The van der Waals surface area contributed by atoms with Crippen LogP contribution < -0.4 is 0 Å². The Morgan fingerprint density at radius 1 is 1.27 bits per heavy atom. The molecule has 1 aromatic carbocycles. The van der Waals surface area contributed by atoms with Crippen LogP contribution in [0.1, 0.15) is 55.3 Å². The van der Waals surface area contributed by atoms with Crippen LogP contribution in [-0.2, 0) is 9.53 Å². The van der Waals surface area contributed by atoms with Gasteiger partial charge in [0.05, 0.1) is 0 Å². The molecule has 22 heavy (non-hydrogen) atoms. The highest BCUT2D eigenvalue weighted by Crippen LogP contribution is 2.37. The zero-order valence-corrected chi connectivity index (χ0v) is 13.2. The predicted molar refractivity (Wildman–Crippen MR) is 84.6 cm³/mol. The molecule has 0 radical (unpaired) electrons. The van der Waals surface area contributed by atoms with Gasteiger partial charge in [-0.1, -0.05) is 37.1 Å². The van der Waals surface area contributed by atoms with Crippen LogP contribution in [0.4, 0.5) is 0 Å². The van der Waals surface area contributed by atoms with Gasteiger partial charge in [0.15, 0.2) is 6.10 Å². The molecule has 1 aromatic rings. The van der Waals surface area contributed by atoms with E-state index >= 15 is 0 Å². The Balaban J connectivity index is 1.71. The SMILES string of the molecule is CN1CCC(OC(=O)C(O)c2ccccc2C2CCCC2)C1. The van der Waals surface area contributed by atoms with Gasteiger partial charge < -0.3 is 14.7 Å². The number of rotatable bonds is 4. The quantitative estimate of drug-likeness (QED) is 0.869. The zero-order chi connectivity index (χ0) is 15.5. The summed E-state index contributed by atoms with van der Waals surface area (Å²) in [6, 6.07) is 7.78. The zero-order valence-electron chi connectivity index (χ0n) is 13.2. The second-order valence-corrected chi connectivity index (χ2v) is 6.62. The van der Waals surface area contributed by atoms with E-state index in [1.54, 1.807) is 0 Å². The van der Waals surface area contributed by atoms with Crippen LogP contribution in [0.2, 0.25) is 0 Å². The maximum atomic E-state index is 12.3. The van der Waals surface area contributed by atoms with E-state index in [-0.39, 0.29) is 6.10 Å². The molecule has 4 heteroatoms. The van der Waals surface area contributed by atoms with Crippen molar-refractivity contribution in [2.24, 2.45) is 0 Å². The minimum Gasteiger partial charge on any atom is -0.459 e. The number of hydrogen-bond acceptors (Lipinski definition) is 4. The highest BCUT2D eigenvalue weighted by atomic mass is 16.6. The summed E-state index contributed by atoms with van der Waals surface area (Å²) in [6.45, 7) is 1.69. The van der Waals surface area contributed by atoms with Crippen LogP contribution >= 0.6 is 0 Å². The molecule has 2 aliphatic rings. The number of aliphatic hydroxyl groups excluding tert-OH is 1. The van der Waals surface area contributed by atoms with Crippen LogP contribution in [0, 0.1) is 0 Å². The van der Waals surface area contributed by atoms with Gasteiger partial charge in [-0.2, -0.15) is 0 Å². The summed E-state index contributed by atoms with van der Waals surface area (Å²) in [5.41, 5.74) is 1.85. The van der Waals surface area contributed by atoms with Gasteiger partial charge in [-0.05, 0) is 43.4 Å². The summed E-state index contributed by atoms with van der Waals surface area (Å²) in [7, 11) is 2.01. The number of benzene rings is 1. The molecule has 0 amide bonds. The van der Waals surface area contributed by atoms with Crippen molar-refractivity contribution >= 4 is 5.97 Å². The Bertz CT molecular complexity index is 525. The molecule has 1 saturated heterocycles. The van der Waals surface area contributed by atoms with Gasteiger partial charge in [0.1, 0.15) is 6.10 Å². The number of carbonyl (C=O) groups excluding carboxylic acids is 1. The fraction of sp³-hybridized carbons (Fsp3) is 0.611. The summed E-state index contributed by atoms with van der Waals surface area (Å²) in [6.07, 6.45) is 4.34. The Kier molecular flexibility index (Phi) is 4.79. The molecule has 1 saturated carbocycles. The number of carbonyl (C=O) groups is 1. The van der Waals surface area contributed by atoms with E-state index in [0.717, 1.165) is 43.5 Å². The molecule has 0 spiro atoms. The molecule has 3 rings (SSSR count). The molecule has 1 N–H and O–H groups in total. The Morgan fingerprint density at radius 2 is 2.00 bits per heavy atom. The lowest BCUT2D eigenvalue weighted by molar-refractivity contribution is -0.158. The smallest absolute Gasteiger partial charge is 0.339 e. The van der Waals surface area contributed by atoms with Crippen LogP contribution in [0.15, 0.2) is 24.3 Å². The van der Waals surface area contributed by atoms with E-state index in [1.807, 2.05) is 31.3 Å². The van der Waals surface area contributed by atoms with E-state index < -0.39 is 12.1 Å². The van der Waals surface area contributed by atoms with Crippen LogP contribution in [-0.4, -0.2) is 42.2 Å². The number of hydrogen-bond donors (Lipinski definition) is 1. The molecule has 1 heterocycles. The van der Waals surface area contributed by atoms with Crippen molar-refractivity contribution in [1.82, 2.24) is 4.90 Å². The predicted octanol–water partition coefficient (Wildman–Crippen LogP) is 2.62. The van der Waals surface area contributed by atoms with E-state index in [1.165, 1.54) is 12.8 Å². The molecule has 4 nitrogen and oxygen atoms in total. The van der Waals surface area contributed by atoms with Crippen LogP contribution in [0.5, 0.6) is 0 Å². The fourth-order valence-corrected chi connectivity index (χ4v) is 3.71. The van der Waals surface area contributed by atoms with Gasteiger partial charge in [-0.15, -0.1) is 0 Å². The molecule has 2 fully saturated rings. The number of aliphatic hydroxyl groups is 1. The minimum absolute atomic E-state index is 0.0919.